The van der Waals surface area contributed by atoms with Crippen LogP contribution in [0.4, 0.5) is 0 Å². The van der Waals surface area contributed by atoms with Gasteiger partial charge in [0.25, 0.3) is 0 Å². The van der Waals surface area contributed by atoms with Gasteiger partial charge >= 0.3 is 10.1 Å². The summed E-state index contributed by atoms with van der Waals surface area (Å²) in [5, 5.41) is 3.45. The maximum Gasteiger partial charge on any atom is 0.325 e. The van der Waals surface area contributed by atoms with Gasteiger partial charge in [0.1, 0.15) is 0 Å². The molecule has 0 amide bonds. The molecule has 0 heterocycles. The molecule has 86 valence electrons. The third kappa shape index (κ3) is 5.31. The molecule has 0 radical (unpaired) electrons. The highest BCUT2D eigenvalue weighted by molar-refractivity contribution is 7.85. The van der Waals surface area contributed by atoms with E-state index in [0.29, 0.717) is 5.71 Å². The summed E-state index contributed by atoms with van der Waals surface area (Å²) in [4.78, 5) is 0. The van der Waals surface area contributed by atoms with E-state index >= 15 is 0 Å². The van der Waals surface area contributed by atoms with Crippen LogP contribution in [0.2, 0.25) is 0 Å². The van der Waals surface area contributed by atoms with Gasteiger partial charge in [0, 0.05) is 0 Å². The van der Waals surface area contributed by atoms with Crippen LogP contribution in [0.3, 0.4) is 0 Å². The summed E-state index contributed by atoms with van der Waals surface area (Å²) >= 11 is 0. The molecule has 0 atom stereocenters. The Morgan fingerprint density at radius 3 is 2.50 bits per heavy atom. The Labute approximate surface area is 95.4 Å². The molecule has 1 aromatic carbocycles. The van der Waals surface area contributed by atoms with Crippen LogP contribution in [-0.2, 0) is 14.4 Å². The molecule has 0 saturated carbocycles. The smallest absolute Gasteiger partial charge is 0.268 e. The van der Waals surface area contributed by atoms with Gasteiger partial charge in [0.2, 0.25) is 0 Å². The van der Waals surface area contributed by atoms with Crippen LogP contribution in [0.15, 0.2) is 41.6 Å². The van der Waals surface area contributed by atoms with Gasteiger partial charge in [-0.3, -0.25) is 4.28 Å². The zero-order valence-electron chi connectivity index (χ0n) is 9.12. The molecule has 0 unspecified atom stereocenters. The van der Waals surface area contributed by atoms with Gasteiger partial charge in [-0.15, -0.1) is 0 Å². The lowest BCUT2D eigenvalue weighted by molar-refractivity contribution is 0.343. The van der Waals surface area contributed by atoms with Crippen molar-refractivity contribution in [2.75, 3.05) is 6.26 Å². The van der Waals surface area contributed by atoms with Crippen LogP contribution >= 0.6 is 0 Å². The van der Waals surface area contributed by atoms with Crippen LogP contribution in [-0.4, -0.2) is 20.4 Å². The molecule has 5 heteroatoms. The van der Waals surface area contributed by atoms with Crippen molar-refractivity contribution in [3.05, 3.63) is 42.0 Å². The minimum absolute atomic E-state index is 0.481. The van der Waals surface area contributed by atoms with Crippen LogP contribution in [0.5, 0.6) is 0 Å². The van der Waals surface area contributed by atoms with E-state index in [4.69, 9.17) is 0 Å². The van der Waals surface area contributed by atoms with E-state index < -0.39 is 10.1 Å². The first-order chi connectivity index (χ1) is 7.47. The van der Waals surface area contributed by atoms with Gasteiger partial charge in [-0.25, -0.2) is 0 Å². The van der Waals surface area contributed by atoms with E-state index in [1.165, 1.54) is 0 Å². The molecule has 0 aliphatic heterocycles. The molecule has 16 heavy (non-hydrogen) atoms. The number of nitrogens with zero attached hydrogens (tertiary/aromatic N) is 1. The van der Waals surface area contributed by atoms with E-state index in [1.807, 2.05) is 36.4 Å². The molecule has 1 aromatic rings. The molecule has 0 spiro atoms. The molecule has 0 N–H and O–H groups in total. The Bertz CT molecular complexity index is 489. The summed E-state index contributed by atoms with van der Waals surface area (Å²) in [5.74, 6) is 0. The Balaban J connectivity index is 2.65. The van der Waals surface area contributed by atoms with Crippen molar-refractivity contribution in [2.24, 2.45) is 5.16 Å². The van der Waals surface area contributed by atoms with E-state index in [9.17, 15) is 8.42 Å². The molecule has 0 aliphatic rings. The van der Waals surface area contributed by atoms with Gasteiger partial charge in [-0.2, -0.15) is 8.42 Å². The summed E-state index contributed by atoms with van der Waals surface area (Å²) in [6.07, 6.45) is 4.45. The van der Waals surface area contributed by atoms with Crippen molar-refractivity contribution in [1.82, 2.24) is 0 Å². The number of oxime groups is 1. The van der Waals surface area contributed by atoms with Crippen molar-refractivity contribution < 1.29 is 12.7 Å². The van der Waals surface area contributed by atoms with Crippen molar-refractivity contribution in [3.8, 4) is 0 Å². The van der Waals surface area contributed by atoms with Gasteiger partial charge in [0.05, 0.1) is 12.0 Å². The Kier molecular flexibility index (Phi) is 4.25. The standard InChI is InChI=1S/C11H13NO3S/c1-10(12-15-16(2,13)14)8-9-11-6-4-3-5-7-11/h3-9H,1-2H3/b9-8+,12-10+. The predicted molar refractivity (Wildman–Crippen MR) is 64.5 cm³/mol. The molecule has 0 saturated heterocycles. The first-order valence-corrected chi connectivity index (χ1v) is 6.45. The fourth-order valence-corrected chi connectivity index (χ4v) is 1.19. The van der Waals surface area contributed by atoms with Gasteiger partial charge in [0.15, 0.2) is 0 Å². The van der Waals surface area contributed by atoms with Crippen LogP contribution < -0.4 is 0 Å². The number of hydrogen-bond acceptors (Lipinski definition) is 4. The van der Waals surface area contributed by atoms with Gasteiger partial charge in [-0.1, -0.05) is 41.6 Å². The number of rotatable bonds is 4. The molecule has 0 bridgehead atoms. The van der Waals surface area contributed by atoms with Crippen molar-refractivity contribution >= 4 is 21.9 Å². The topological polar surface area (TPSA) is 55.7 Å². The van der Waals surface area contributed by atoms with Gasteiger partial charge in [-0.05, 0) is 18.6 Å². The van der Waals surface area contributed by atoms with Crippen molar-refractivity contribution in [2.45, 2.75) is 6.92 Å². The summed E-state index contributed by atoms with van der Waals surface area (Å²) in [5.41, 5.74) is 1.49. The first kappa shape index (κ1) is 12.4. The zero-order chi connectivity index (χ0) is 12.0. The molecular formula is C11H13NO3S. The Morgan fingerprint density at radius 1 is 1.31 bits per heavy atom. The van der Waals surface area contributed by atoms with Crippen molar-refractivity contribution in [3.63, 3.8) is 0 Å². The second-order valence-electron chi connectivity index (χ2n) is 3.26. The summed E-state index contributed by atoms with van der Waals surface area (Å²) < 4.78 is 25.6. The normalized spacial score (nSPS) is 13.0. The first-order valence-electron chi connectivity index (χ1n) is 4.64. The number of hydrogen-bond donors (Lipinski definition) is 0. The summed E-state index contributed by atoms with van der Waals surface area (Å²) in [6, 6.07) is 9.62. The maximum atomic E-state index is 10.7. The van der Waals surface area contributed by atoms with Crippen LogP contribution in [0.1, 0.15) is 12.5 Å². The molecule has 1 rings (SSSR count). The van der Waals surface area contributed by atoms with E-state index in [2.05, 4.69) is 9.44 Å². The molecule has 0 aromatic heterocycles. The monoisotopic (exact) mass is 239 g/mol. The van der Waals surface area contributed by atoms with E-state index in [0.717, 1.165) is 11.8 Å². The van der Waals surface area contributed by atoms with E-state index in [-0.39, 0.29) is 0 Å². The Morgan fingerprint density at radius 2 is 1.94 bits per heavy atom. The highest BCUT2D eigenvalue weighted by Crippen LogP contribution is 2.01. The largest absolute Gasteiger partial charge is 0.325 e. The predicted octanol–water partition coefficient (Wildman–Crippen LogP) is 2.05. The van der Waals surface area contributed by atoms with Gasteiger partial charge < -0.3 is 0 Å². The zero-order valence-corrected chi connectivity index (χ0v) is 9.94. The SMILES string of the molecule is CC(/C=C/c1ccccc1)=N\OS(C)(=O)=O. The lowest BCUT2D eigenvalue weighted by Gasteiger charge is -1.94. The third-order valence-corrected chi connectivity index (χ3v) is 1.98. The minimum atomic E-state index is -3.52. The third-order valence-electron chi connectivity index (χ3n) is 1.63. The molecule has 0 fully saturated rings. The summed E-state index contributed by atoms with van der Waals surface area (Å²) in [6.45, 7) is 1.66. The van der Waals surface area contributed by atoms with Crippen LogP contribution in [0.25, 0.3) is 6.08 Å². The Hall–Kier alpha value is -1.62. The number of allylic oxidation sites excluding steroid dienone is 1. The average molecular weight is 239 g/mol. The highest BCUT2D eigenvalue weighted by atomic mass is 32.2. The highest BCUT2D eigenvalue weighted by Gasteiger charge is 1.98. The lowest BCUT2D eigenvalue weighted by atomic mass is 10.2. The quantitative estimate of drug-likeness (QED) is 0.597. The maximum absolute atomic E-state index is 10.7. The second kappa shape index (κ2) is 5.46. The number of benzene rings is 1. The average Bonchev–Trinajstić information content (AvgIpc) is 2.24. The minimum Gasteiger partial charge on any atom is -0.268 e. The lowest BCUT2D eigenvalue weighted by Crippen LogP contribution is -1.98. The molecule has 4 nitrogen and oxygen atoms in total. The molecular weight excluding hydrogens is 226 g/mol. The fraction of sp³-hybridized carbons (Fsp3) is 0.182. The fourth-order valence-electron chi connectivity index (χ4n) is 0.938. The van der Waals surface area contributed by atoms with Crippen molar-refractivity contribution in [1.29, 1.82) is 0 Å². The second-order valence-corrected chi connectivity index (χ2v) is 4.81. The summed E-state index contributed by atoms with van der Waals surface area (Å²) in [7, 11) is -3.52. The van der Waals surface area contributed by atoms with E-state index in [1.54, 1.807) is 13.0 Å². The molecule has 0 aliphatic carbocycles. The van der Waals surface area contributed by atoms with Crippen LogP contribution in [0, 0.1) is 0 Å².